The van der Waals surface area contributed by atoms with Crippen molar-refractivity contribution in [3.63, 3.8) is 0 Å². The normalized spacial score (nSPS) is 40.9. The number of aromatic nitrogens is 2. The van der Waals surface area contributed by atoms with Gasteiger partial charge in [0.05, 0.1) is 6.10 Å². The molecule has 0 bridgehead atoms. The Morgan fingerprint density at radius 1 is 1.15 bits per heavy atom. The first kappa shape index (κ1) is 27.3. The average Bonchev–Trinajstić information content (AvgIpc) is 3.50. The van der Waals surface area contributed by atoms with E-state index in [9.17, 15) is 9.90 Å². The lowest BCUT2D eigenvalue weighted by Gasteiger charge is -2.58. The highest BCUT2D eigenvalue weighted by molar-refractivity contribution is 5.76. The number of carbonyl (C=O) groups is 1. The van der Waals surface area contributed by atoms with Gasteiger partial charge in [0, 0.05) is 39.0 Å². The van der Waals surface area contributed by atoms with Crippen LogP contribution >= 0.6 is 0 Å². The van der Waals surface area contributed by atoms with Gasteiger partial charge in [-0.15, -0.1) is 5.10 Å². The molecule has 3 saturated carbocycles. The summed E-state index contributed by atoms with van der Waals surface area (Å²) in [6, 6.07) is 0.711. The van der Waals surface area contributed by atoms with Gasteiger partial charge in [-0.05, 0) is 105 Å². The number of amides is 1. The second-order valence-corrected chi connectivity index (χ2v) is 14.4. The Balaban J connectivity index is 1.06. The number of aryl methyl sites for hydroxylation is 1. The second-order valence-electron chi connectivity index (χ2n) is 14.4. The van der Waals surface area contributed by atoms with Crippen molar-refractivity contribution in [2.75, 3.05) is 24.5 Å². The summed E-state index contributed by atoms with van der Waals surface area (Å²) in [6.07, 6.45) is 13.7. The van der Waals surface area contributed by atoms with E-state index in [-0.39, 0.29) is 12.1 Å². The van der Waals surface area contributed by atoms with E-state index in [2.05, 4.69) is 53.8 Å². The van der Waals surface area contributed by atoms with Crippen LogP contribution in [0, 0.1) is 47.3 Å². The highest BCUT2D eigenvalue weighted by Crippen LogP contribution is 2.67. The van der Waals surface area contributed by atoms with Crippen molar-refractivity contribution in [1.29, 1.82) is 0 Å². The molecule has 1 amide bonds. The maximum Gasteiger partial charge on any atom is 0.318 e. The third-order valence-corrected chi connectivity index (χ3v) is 12.4. The minimum absolute atomic E-state index is 0.129. The van der Waals surface area contributed by atoms with E-state index in [4.69, 9.17) is 4.42 Å². The molecule has 1 aliphatic heterocycles. The molecule has 0 unspecified atom stereocenters. The third kappa shape index (κ3) is 4.64. The van der Waals surface area contributed by atoms with E-state index in [1.807, 2.05) is 6.92 Å². The topological polar surface area (TPSA) is 82.7 Å². The number of piperazine rings is 1. The Morgan fingerprint density at radius 3 is 2.72 bits per heavy atom. The van der Waals surface area contributed by atoms with Gasteiger partial charge >= 0.3 is 6.01 Å². The van der Waals surface area contributed by atoms with Crippen molar-refractivity contribution in [2.24, 2.45) is 40.4 Å². The minimum atomic E-state index is -0.129. The van der Waals surface area contributed by atoms with E-state index in [0.29, 0.717) is 47.5 Å². The van der Waals surface area contributed by atoms with Crippen molar-refractivity contribution >= 4 is 11.9 Å². The molecular weight excluding hydrogens is 488 g/mol. The van der Waals surface area contributed by atoms with Gasteiger partial charge in [-0.3, -0.25) is 4.79 Å². The Morgan fingerprint density at radius 2 is 1.97 bits per heavy atom. The number of nitrogens with zero attached hydrogens (tertiary/aromatic N) is 4. The molecule has 0 radical (unpaired) electrons. The summed E-state index contributed by atoms with van der Waals surface area (Å²) in [6.45, 7) is 13.7. The summed E-state index contributed by atoms with van der Waals surface area (Å²) in [4.78, 5) is 17.5. The fraction of sp³-hybridized carbons (Fsp3) is 0.844. The van der Waals surface area contributed by atoms with Gasteiger partial charge < -0.3 is 19.3 Å². The zero-order chi connectivity index (χ0) is 27.5. The summed E-state index contributed by atoms with van der Waals surface area (Å²) in [7, 11) is 0. The molecule has 39 heavy (non-hydrogen) atoms. The zero-order valence-corrected chi connectivity index (χ0v) is 24.9. The van der Waals surface area contributed by atoms with Crippen LogP contribution in [-0.4, -0.2) is 57.9 Å². The molecule has 1 aromatic rings. The van der Waals surface area contributed by atoms with Crippen LogP contribution in [-0.2, 0) is 4.79 Å². The largest absolute Gasteiger partial charge is 0.408 e. The number of carbonyl (C=O) groups excluding carboxylic acids is 1. The van der Waals surface area contributed by atoms with E-state index in [0.717, 1.165) is 62.4 Å². The molecule has 7 heteroatoms. The molecule has 4 aliphatic carbocycles. The van der Waals surface area contributed by atoms with Crippen LogP contribution < -0.4 is 4.90 Å². The van der Waals surface area contributed by atoms with Gasteiger partial charge in [0.15, 0.2) is 0 Å². The van der Waals surface area contributed by atoms with Crippen LogP contribution in [0.25, 0.3) is 0 Å². The number of hydrogen-bond acceptors (Lipinski definition) is 6. The van der Waals surface area contributed by atoms with Crippen LogP contribution in [0.15, 0.2) is 16.1 Å². The van der Waals surface area contributed by atoms with Gasteiger partial charge in [-0.2, -0.15) is 0 Å². The zero-order valence-electron chi connectivity index (χ0n) is 24.9. The molecule has 216 valence electrons. The van der Waals surface area contributed by atoms with Gasteiger partial charge in [0.25, 0.3) is 0 Å². The molecule has 5 aliphatic rings. The van der Waals surface area contributed by atoms with Gasteiger partial charge in [-0.25, -0.2) is 0 Å². The smallest absolute Gasteiger partial charge is 0.318 e. The number of aliphatic hydroxyl groups is 1. The Hall–Kier alpha value is -1.89. The number of hydrogen-bond donors (Lipinski definition) is 1. The molecule has 0 spiro atoms. The molecular formula is C32H50N4O3. The van der Waals surface area contributed by atoms with Crippen LogP contribution in [0.2, 0.25) is 0 Å². The van der Waals surface area contributed by atoms with Gasteiger partial charge in [-0.1, -0.05) is 37.5 Å². The summed E-state index contributed by atoms with van der Waals surface area (Å²) in [5.74, 6) is 4.57. The first-order chi connectivity index (χ1) is 18.6. The van der Waals surface area contributed by atoms with Crippen LogP contribution in [0.1, 0.15) is 97.8 Å². The predicted molar refractivity (Wildman–Crippen MR) is 152 cm³/mol. The standard InChI is InChI=1S/C32H50N4O3/c1-20(6-11-29(38)36-17-16-35(19-21(36)2)30-34-33-22(3)39-30)26-9-10-27-25-8-7-23-18-24(37)12-14-31(23,4)28(25)13-15-32(26,27)5/h7,20-21,24-28,37H,6,8-19H2,1-5H3/t20-,21+,24+,25+,26-,27+,28+,31+,32-/m1/s1. The van der Waals surface area contributed by atoms with E-state index < -0.39 is 0 Å². The highest BCUT2D eigenvalue weighted by atomic mass is 16.4. The minimum Gasteiger partial charge on any atom is -0.408 e. The van der Waals surface area contributed by atoms with Gasteiger partial charge in [0.1, 0.15) is 0 Å². The van der Waals surface area contributed by atoms with Crippen LogP contribution in [0.4, 0.5) is 6.01 Å². The Labute approximate surface area is 234 Å². The maximum atomic E-state index is 13.3. The molecule has 4 fully saturated rings. The fourth-order valence-corrected chi connectivity index (χ4v) is 10.2. The number of fused-ring (bicyclic) bond motifs is 5. The average molecular weight is 539 g/mol. The van der Waals surface area contributed by atoms with Gasteiger partial charge in [0.2, 0.25) is 11.8 Å². The van der Waals surface area contributed by atoms with Crippen LogP contribution in [0.3, 0.4) is 0 Å². The molecule has 2 heterocycles. The predicted octanol–water partition coefficient (Wildman–Crippen LogP) is 5.77. The first-order valence-corrected chi connectivity index (χ1v) is 15.8. The number of rotatable bonds is 5. The summed E-state index contributed by atoms with van der Waals surface area (Å²) in [5.41, 5.74) is 2.28. The molecule has 6 rings (SSSR count). The Bertz CT molecular complexity index is 1100. The van der Waals surface area contributed by atoms with E-state index in [1.165, 1.54) is 32.1 Å². The van der Waals surface area contributed by atoms with E-state index >= 15 is 0 Å². The van der Waals surface area contributed by atoms with Crippen LogP contribution in [0.5, 0.6) is 0 Å². The fourth-order valence-electron chi connectivity index (χ4n) is 10.2. The summed E-state index contributed by atoms with van der Waals surface area (Å²) < 4.78 is 5.61. The van der Waals surface area contributed by atoms with Crippen molar-refractivity contribution in [3.05, 3.63) is 17.5 Å². The molecule has 1 aromatic heterocycles. The molecule has 9 atom stereocenters. The first-order valence-electron chi connectivity index (χ1n) is 15.8. The lowest BCUT2D eigenvalue weighted by atomic mass is 9.47. The van der Waals surface area contributed by atoms with E-state index in [1.54, 1.807) is 5.57 Å². The highest BCUT2D eigenvalue weighted by Gasteiger charge is 2.59. The number of allylic oxidation sites excluding steroid dienone is 1. The monoisotopic (exact) mass is 538 g/mol. The van der Waals surface area contributed by atoms with Crippen molar-refractivity contribution in [1.82, 2.24) is 15.1 Å². The maximum absolute atomic E-state index is 13.3. The quantitative estimate of drug-likeness (QED) is 0.479. The molecule has 0 aromatic carbocycles. The SMILES string of the molecule is Cc1nnc(N2CCN(C(=O)CC[C@@H](C)[C@H]3CC[C@H]4[C@@H]5CC=C6C[C@@H](O)CC[C@]6(C)[C@H]5CC[C@]34C)[C@@H](C)C2)o1. The van der Waals surface area contributed by atoms with Crippen molar-refractivity contribution in [3.8, 4) is 0 Å². The number of anilines is 1. The lowest BCUT2D eigenvalue weighted by Crippen LogP contribution is -2.54. The summed E-state index contributed by atoms with van der Waals surface area (Å²) in [5, 5.41) is 18.4. The number of aliphatic hydroxyl groups excluding tert-OH is 1. The van der Waals surface area contributed by atoms with Crippen molar-refractivity contribution < 1.29 is 14.3 Å². The lowest BCUT2D eigenvalue weighted by molar-refractivity contribution is -0.134. The Kier molecular flexibility index (Phi) is 7.13. The molecule has 1 N–H and O–H groups in total. The third-order valence-electron chi connectivity index (χ3n) is 12.4. The van der Waals surface area contributed by atoms with Crippen molar-refractivity contribution in [2.45, 2.75) is 111 Å². The molecule has 1 saturated heterocycles. The molecule has 7 nitrogen and oxygen atoms in total. The summed E-state index contributed by atoms with van der Waals surface area (Å²) >= 11 is 0. The second kappa shape index (κ2) is 10.2.